The summed E-state index contributed by atoms with van der Waals surface area (Å²) in [4.78, 5) is 8.65. The van der Waals surface area contributed by atoms with Crippen molar-refractivity contribution >= 4 is 11.0 Å². The van der Waals surface area contributed by atoms with E-state index in [1.165, 1.54) is 5.57 Å². The summed E-state index contributed by atoms with van der Waals surface area (Å²) >= 11 is 0. The van der Waals surface area contributed by atoms with Crippen LogP contribution in [0.5, 0.6) is 11.5 Å². The van der Waals surface area contributed by atoms with Gasteiger partial charge in [0.25, 0.3) is 0 Å². The summed E-state index contributed by atoms with van der Waals surface area (Å²) in [6.45, 7) is 7.92. The zero-order valence-electron chi connectivity index (χ0n) is 13.0. The highest BCUT2D eigenvalue weighted by atomic mass is 16.3. The summed E-state index contributed by atoms with van der Waals surface area (Å²) in [5.41, 5.74) is 3.86. The van der Waals surface area contributed by atoms with E-state index >= 15 is 0 Å². The van der Waals surface area contributed by atoms with E-state index in [1.807, 2.05) is 6.92 Å². The fraction of sp³-hybridized carbons (Fsp3) is 0.412. The van der Waals surface area contributed by atoms with Crippen molar-refractivity contribution in [3.8, 4) is 11.5 Å². The van der Waals surface area contributed by atoms with E-state index in [0.717, 1.165) is 12.8 Å². The molecular formula is C17H22N2O2. The highest BCUT2D eigenvalue weighted by Gasteiger charge is 2.21. The predicted octanol–water partition coefficient (Wildman–Crippen LogP) is 4.20. The molecule has 2 N–H and O–H groups in total. The van der Waals surface area contributed by atoms with Gasteiger partial charge in [-0.1, -0.05) is 18.6 Å². The van der Waals surface area contributed by atoms with Crippen LogP contribution in [0, 0.1) is 6.92 Å². The van der Waals surface area contributed by atoms with Crippen molar-refractivity contribution in [1.82, 2.24) is 9.97 Å². The summed E-state index contributed by atoms with van der Waals surface area (Å²) in [7, 11) is 0. The molecule has 0 fully saturated rings. The second-order valence-electron chi connectivity index (χ2n) is 5.75. The average Bonchev–Trinajstić information content (AvgIpc) is 2.45. The Hall–Kier alpha value is -2.10. The molecule has 0 aliphatic carbocycles. The molecule has 4 nitrogen and oxygen atoms in total. The Labute approximate surface area is 125 Å². The van der Waals surface area contributed by atoms with Gasteiger partial charge in [0.15, 0.2) is 11.5 Å². The van der Waals surface area contributed by atoms with E-state index < -0.39 is 0 Å². The molecule has 0 saturated carbocycles. The standard InChI is InChI=1S/C17H22N2O2/c1-10(2)6-5-7-11(3)13-15-14(18-8-9-19-15)12(4)16(20)17(13)21/h6,8-9,11,20-21H,5,7H2,1-4H3. The maximum absolute atomic E-state index is 10.3. The van der Waals surface area contributed by atoms with Gasteiger partial charge in [-0.2, -0.15) is 0 Å². The van der Waals surface area contributed by atoms with Gasteiger partial charge in [-0.3, -0.25) is 9.97 Å². The molecule has 1 aromatic carbocycles. The number of aromatic hydroxyl groups is 2. The SMILES string of the molecule is CC(C)=CCCC(C)c1c(O)c(O)c(C)c2nccnc12. The van der Waals surface area contributed by atoms with Gasteiger partial charge in [0, 0.05) is 23.5 Å². The first kappa shape index (κ1) is 15.3. The normalized spacial score (nSPS) is 12.4. The fourth-order valence-electron chi connectivity index (χ4n) is 2.57. The number of aromatic nitrogens is 2. The first-order valence-corrected chi connectivity index (χ1v) is 7.22. The molecule has 1 unspecified atom stereocenters. The van der Waals surface area contributed by atoms with Crippen molar-refractivity contribution < 1.29 is 10.2 Å². The quantitative estimate of drug-likeness (QED) is 0.653. The summed E-state index contributed by atoms with van der Waals surface area (Å²) < 4.78 is 0. The monoisotopic (exact) mass is 286 g/mol. The molecule has 0 radical (unpaired) electrons. The number of phenols is 2. The van der Waals surface area contributed by atoms with Gasteiger partial charge in [0.1, 0.15) is 0 Å². The number of nitrogens with zero attached hydrogens (tertiary/aromatic N) is 2. The van der Waals surface area contributed by atoms with Crippen LogP contribution in [0.3, 0.4) is 0 Å². The van der Waals surface area contributed by atoms with Crippen LogP contribution >= 0.6 is 0 Å². The summed E-state index contributed by atoms with van der Waals surface area (Å²) in [6, 6.07) is 0. The minimum Gasteiger partial charge on any atom is -0.504 e. The van der Waals surface area contributed by atoms with Gasteiger partial charge in [0.2, 0.25) is 0 Å². The van der Waals surface area contributed by atoms with Gasteiger partial charge >= 0.3 is 0 Å². The summed E-state index contributed by atoms with van der Waals surface area (Å²) in [5, 5.41) is 20.4. The fourth-order valence-corrected chi connectivity index (χ4v) is 2.57. The van der Waals surface area contributed by atoms with E-state index in [4.69, 9.17) is 0 Å². The Morgan fingerprint density at radius 2 is 1.76 bits per heavy atom. The zero-order valence-corrected chi connectivity index (χ0v) is 13.0. The lowest BCUT2D eigenvalue weighted by atomic mass is 9.91. The minimum absolute atomic E-state index is 0.0646. The highest BCUT2D eigenvalue weighted by molar-refractivity contribution is 5.87. The lowest BCUT2D eigenvalue weighted by Crippen LogP contribution is -2.00. The molecule has 4 heteroatoms. The third-order valence-corrected chi connectivity index (χ3v) is 3.79. The molecule has 0 amide bonds. The number of benzene rings is 1. The van der Waals surface area contributed by atoms with Crippen LogP contribution in [-0.2, 0) is 0 Å². The Kier molecular flexibility index (Phi) is 4.46. The summed E-state index contributed by atoms with van der Waals surface area (Å²) in [5.74, 6) is -0.0661. The van der Waals surface area contributed by atoms with Crippen molar-refractivity contribution in [3.05, 3.63) is 35.2 Å². The average molecular weight is 286 g/mol. The molecule has 1 atom stereocenters. The van der Waals surface area contributed by atoms with Crippen molar-refractivity contribution in [1.29, 1.82) is 0 Å². The highest BCUT2D eigenvalue weighted by Crippen LogP contribution is 2.42. The lowest BCUT2D eigenvalue weighted by Gasteiger charge is -2.17. The number of hydrogen-bond donors (Lipinski definition) is 2. The van der Waals surface area contributed by atoms with Gasteiger partial charge in [-0.25, -0.2) is 0 Å². The largest absolute Gasteiger partial charge is 0.504 e. The second kappa shape index (κ2) is 6.12. The third-order valence-electron chi connectivity index (χ3n) is 3.79. The molecule has 2 rings (SSSR count). The summed E-state index contributed by atoms with van der Waals surface area (Å²) in [6.07, 6.45) is 7.20. The van der Waals surface area contributed by atoms with Crippen molar-refractivity contribution in [2.75, 3.05) is 0 Å². The third kappa shape index (κ3) is 2.99. The van der Waals surface area contributed by atoms with E-state index in [0.29, 0.717) is 22.2 Å². The molecule has 0 spiro atoms. The molecule has 0 aliphatic rings. The molecule has 1 aromatic heterocycles. The van der Waals surface area contributed by atoms with Crippen molar-refractivity contribution in [2.45, 2.75) is 46.5 Å². The van der Waals surface area contributed by atoms with Crippen LogP contribution in [0.4, 0.5) is 0 Å². The molecule has 1 heterocycles. The molecule has 0 bridgehead atoms. The Morgan fingerprint density at radius 3 is 2.38 bits per heavy atom. The lowest BCUT2D eigenvalue weighted by molar-refractivity contribution is 0.394. The van der Waals surface area contributed by atoms with E-state index in [9.17, 15) is 10.2 Å². The van der Waals surface area contributed by atoms with Gasteiger partial charge in [0.05, 0.1) is 11.0 Å². The van der Waals surface area contributed by atoms with Crippen LogP contribution in [0.15, 0.2) is 24.0 Å². The minimum atomic E-state index is -0.0907. The smallest absolute Gasteiger partial charge is 0.163 e. The maximum atomic E-state index is 10.3. The Morgan fingerprint density at radius 1 is 1.14 bits per heavy atom. The number of fused-ring (bicyclic) bond motifs is 1. The molecular weight excluding hydrogens is 264 g/mol. The second-order valence-corrected chi connectivity index (χ2v) is 5.75. The van der Waals surface area contributed by atoms with Crippen LogP contribution in [0.2, 0.25) is 0 Å². The Bertz CT molecular complexity index is 689. The number of aryl methyl sites for hydroxylation is 1. The first-order chi connectivity index (χ1) is 9.93. The number of rotatable bonds is 4. The van der Waals surface area contributed by atoms with E-state index in [2.05, 4.69) is 29.9 Å². The number of phenolic OH excluding ortho intramolecular Hbond substituents is 2. The van der Waals surface area contributed by atoms with Gasteiger partial charge in [-0.15, -0.1) is 0 Å². The van der Waals surface area contributed by atoms with Crippen molar-refractivity contribution in [2.24, 2.45) is 0 Å². The van der Waals surface area contributed by atoms with Crippen LogP contribution in [0.1, 0.15) is 50.7 Å². The van der Waals surface area contributed by atoms with Crippen LogP contribution < -0.4 is 0 Å². The van der Waals surface area contributed by atoms with Crippen molar-refractivity contribution in [3.63, 3.8) is 0 Å². The molecule has 2 aromatic rings. The predicted molar refractivity (Wildman–Crippen MR) is 84.7 cm³/mol. The maximum Gasteiger partial charge on any atom is 0.163 e. The molecule has 0 saturated heterocycles. The zero-order chi connectivity index (χ0) is 15.6. The Balaban J connectivity index is 2.50. The van der Waals surface area contributed by atoms with E-state index in [-0.39, 0.29) is 17.4 Å². The van der Waals surface area contributed by atoms with Crippen LogP contribution in [0.25, 0.3) is 11.0 Å². The topological polar surface area (TPSA) is 66.2 Å². The molecule has 112 valence electrons. The van der Waals surface area contributed by atoms with E-state index in [1.54, 1.807) is 19.3 Å². The first-order valence-electron chi connectivity index (χ1n) is 7.22. The van der Waals surface area contributed by atoms with Crippen LogP contribution in [-0.4, -0.2) is 20.2 Å². The van der Waals surface area contributed by atoms with Gasteiger partial charge < -0.3 is 10.2 Å². The number of allylic oxidation sites excluding steroid dienone is 2. The number of hydrogen-bond acceptors (Lipinski definition) is 4. The molecule has 0 aliphatic heterocycles. The molecule has 21 heavy (non-hydrogen) atoms. The van der Waals surface area contributed by atoms with Gasteiger partial charge in [-0.05, 0) is 39.5 Å².